The van der Waals surface area contributed by atoms with Crippen LogP contribution in [-0.2, 0) is 15.9 Å². The van der Waals surface area contributed by atoms with Crippen molar-refractivity contribution in [1.29, 1.82) is 0 Å². The number of hydrogen-bond acceptors (Lipinski definition) is 3. The van der Waals surface area contributed by atoms with Gasteiger partial charge >= 0.3 is 18.3 Å². The largest absolute Gasteiger partial charge is 0.453 e. The Morgan fingerprint density at radius 2 is 1.65 bits per heavy atom. The minimum Gasteiger partial charge on any atom is -0.259 e. The third kappa shape index (κ3) is 10.4. The Hall–Kier alpha value is -1.96. The van der Waals surface area contributed by atoms with Gasteiger partial charge in [-0.15, -0.1) is 0 Å². The van der Waals surface area contributed by atoms with Gasteiger partial charge in [-0.2, -0.15) is 35.1 Å². The predicted molar refractivity (Wildman–Crippen MR) is 127 cm³/mol. The SMILES string of the molecule is CCC(CC(C)(C)CCCC=S(N)(=O)CCCC(F)(F)C(F)(F)F)c1ccc([N+](=O)[O-])c(C(F)(F)F)c1. The molecule has 2 N–H and O–H groups in total. The second kappa shape index (κ2) is 12.3. The summed E-state index contributed by atoms with van der Waals surface area (Å²) in [6.45, 7) is 5.55. The zero-order valence-corrected chi connectivity index (χ0v) is 21.5. The monoisotopic (exact) mass is 568 g/mol. The van der Waals surface area contributed by atoms with Gasteiger partial charge in [0.1, 0.15) is 5.56 Å². The number of alkyl halides is 8. The van der Waals surface area contributed by atoms with Crippen molar-refractivity contribution in [3.05, 3.63) is 39.4 Å². The van der Waals surface area contributed by atoms with E-state index in [0.29, 0.717) is 31.2 Å². The fraction of sp³-hybridized carbons (Fsp3) is 0.696. The van der Waals surface area contributed by atoms with Gasteiger partial charge in [0, 0.05) is 27.9 Å². The molecule has 0 spiro atoms. The number of nitro benzene ring substituents is 1. The number of unbranched alkanes of at least 4 members (excludes halogenated alkanes) is 1. The topological polar surface area (TPSA) is 86.2 Å². The van der Waals surface area contributed by atoms with Crippen LogP contribution in [0.5, 0.6) is 0 Å². The molecule has 0 aliphatic heterocycles. The lowest BCUT2D eigenvalue weighted by Crippen LogP contribution is -2.36. The van der Waals surface area contributed by atoms with Gasteiger partial charge in [0.25, 0.3) is 5.69 Å². The number of nitrogens with two attached hydrogens (primary N) is 1. The zero-order chi connectivity index (χ0) is 28.9. The minimum absolute atomic E-state index is 0.209. The van der Waals surface area contributed by atoms with E-state index in [0.717, 1.165) is 12.1 Å². The van der Waals surface area contributed by atoms with E-state index in [9.17, 15) is 49.4 Å². The molecule has 214 valence electrons. The Morgan fingerprint density at radius 1 is 1.05 bits per heavy atom. The van der Waals surface area contributed by atoms with Crippen LogP contribution >= 0.6 is 0 Å². The van der Waals surface area contributed by atoms with Crippen LogP contribution in [0.1, 0.15) is 82.8 Å². The molecule has 0 saturated heterocycles. The van der Waals surface area contributed by atoms with Crippen molar-refractivity contribution in [2.24, 2.45) is 10.6 Å². The molecule has 0 heterocycles. The maximum Gasteiger partial charge on any atom is 0.453 e. The van der Waals surface area contributed by atoms with Crippen LogP contribution in [-0.4, -0.2) is 32.4 Å². The standard InChI is InChI=1S/C23H32F8N2O3S/c1-4-16(17-8-9-19(33(34)35)18(14-17)22(26,27)28)15-20(2,3)10-5-6-12-37(32,36)13-7-11-21(24,25)23(29,30)31/h8-9,12,14,16H,4-7,10-11,13,15H2,1-3H3,(H2,32,36). The molecule has 0 bridgehead atoms. The van der Waals surface area contributed by atoms with Crippen LogP contribution in [0.4, 0.5) is 40.8 Å². The van der Waals surface area contributed by atoms with Crippen molar-refractivity contribution in [2.75, 3.05) is 5.75 Å². The summed E-state index contributed by atoms with van der Waals surface area (Å²) in [5.41, 5.74) is -2.42. The van der Waals surface area contributed by atoms with E-state index in [1.807, 2.05) is 13.8 Å². The molecule has 14 heteroatoms. The Bertz CT molecular complexity index is 1050. The van der Waals surface area contributed by atoms with Crippen molar-refractivity contribution in [3.8, 4) is 0 Å². The van der Waals surface area contributed by atoms with Crippen LogP contribution in [0.15, 0.2) is 18.2 Å². The molecule has 0 aromatic heterocycles. The first-order valence-corrected chi connectivity index (χ1v) is 13.4. The molecule has 0 aliphatic carbocycles. The summed E-state index contributed by atoms with van der Waals surface area (Å²) in [5.74, 6) is -5.72. The first-order chi connectivity index (χ1) is 16.6. The van der Waals surface area contributed by atoms with Crippen molar-refractivity contribution in [2.45, 2.75) is 89.9 Å². The Balaban J connectivity index is 2.79. The maximum absolute atomic E-state index is 13.4. The molecule has 5 nitrogen and oxygen atoms in total. The molecule has 0 fully saturated rings. The van der Waals surface area contributed by atoms with Crippen LogP contribution in [0.2, 0.25) is 0 Å². The summed E-state index contributed by atoms with van der Waals surface area (Å²) in [4.78, 5) is 9.92. The summed E-state index contributed by atoms with van der Waals surface area (Å²) in [7, 11) is -3.21. The van der Waals surface area contributed by atoms with Crippen LogP contribution in [0, 0.1) is 15.5 Å². The number of nitro groups is 1. The Morgan fingerprint density at radius 3 is 2.14 bits per heavy atom. The van der Waals surface area contributed by atoms with Crippen molar-refractivity contribution in [1.82, 2.24) is 0 Å². The predicted octanol–water partition coefficient (Wildman–Crippen LogP) is 7.63. The van der Waals surface area contributed by atoms with Gasteiger partial charge < -0.3 is 0 Å². The average molecular weight is 569 g/mol. The quantitative estimate of drug-likeness (QED) is 0.0873. The minimum atomic E-state index is -5.68. The summed E-state index contributed by atoms with van der Waals surface area (Å²) in [6, 6.07) is 2.98. The Labute approximate surface area is 211 Å². The number of hydrogen-bond donors (Lipinski definition) is 1. The van der Waals surface area contributed by atoms with Gasteiger partial charge in [0.2, 0.25) is 0 Å². The van der Waals surface area contributed by atoms with E-state index in [4.69, 9.17) is 5.14 Å². The number of rotatable bonds is 13. The van der Waals surface area contributed by atoms with E-state index >= 15 is 0 Å². The first kappa shape index (κ1) is 33.1. The highest BCUT2D eigenvalue weighted by molar-refractivity contribution is 7.99. The van der Waals surface area contributed by atoms with E-state index < -0.39 is 68.2 Å². The van der Waals surface area contributed by atoms with Crippen molar-refractivity contribution in [3.63, 3.8) is 0 Å². The van der Waals surface area contributed by atoms with Gasteiger partial charge in [-0.3, -0.25) is 19.5 Å². The third-order valence-electron chi connectivity index (χ3n) is 6.11. The summed E-state index contributed by atoms with van der Waals surface area (Å²) in [5, 5.41) is 17.8. The molecule has 2 unspecified atom stereocenters. The molecule has 37 heavy (non-hydrogen) atoms. The highest BCUT2D eigenvalue weighted by atomic mass is 32.2. The molecule has 0 saturated carbocycles. The molecular weight excluding hydrogens is 536 g/mol. The van der Waals surface area contributed by atoms with Crippen molar-refractivity contribution >= 4 is 20.8 Å². The van der Waals surface area contributed by atoms with E-state index in [2.05, 4.69) is 0 Å². The number of halogens is 8. The van der Waals surface area contributed by atoms with E-state index in [1.165, 1.54) is 11.4 Å². The molecule has 0 aliphatic rings. The molecule has 0 radical (unpaired) electrons. The van der Waals surface area contributed by atoms with Gasteiger partial charge in [0.05, 0.1) is 4.92 Å². The van der Waals surface area contributed by atoms with E-state index in [1.54, 1.807) is 6.92 Å². The smallest absolute Gasteiger partial charge is 0.259 e. The highest BCUT2D eigenvalue weighted by Gasteiger charge is 2.56. The lowest BCUT2D eigenvalue weighted by molar-refractivity contribution is -0.388. The summed E-state index contributed by atoms with van der Waals surface area (Å²) < 4.78 is 115. The molecule has 1 aromatic rings. The van der Waals surface area contributed by atoms with Gasteiger partial charge in [-0.1, -0.05) is 26.8 Å². The fourth-order valence-electron chi connectivity index (χ4n) is 4.07. The number of nitrogens with zero attached hydrogens (tertiary/aromatic N) is 1. The maximum atomic E-state index is 13.4. The fourth-order valence-corrected chi connectivity index (χ4v) is 5.40. The van der Waals surface area contributed by atoms with Crippen molar-refractivity contribution < 1.29 is 44.3 Å². The van der Waals surface area contributed by atoms with Gasteiger partial charge in [-0.05, 0) is 66.9 Å². The third-order valence-corrected chi connectivity index (χ3v) is 7.84. The van der Waals surface area contributed by atoms with Gasteiger partial charge in [-0.25, -0.2) is 0 Å². The summed E-state index contributed by atoms with van der Waals surface area (Å²) in [6.07, 6.45) is -10.6. The second-order valence-corrected chi connectivity index (χ2v) is 12.2. The number of benzene rings is 1. The van der Waals surface area contributed by atoms with Crippen LogP contribution in [0.25, 0.3) is 0 Å². The molecular formula is C23H32F8N2O3S. The highest BCUT2D eigenvalue weighted by Crippen LogP contribution is 2.42. The summed E-state index contributed by atoms with van der Waals surface area (Å²) >= 11 is 0. The van der Waals surface area contributed by atoms with Gasteiger partial charge in [0.15, 0.2) is 0 Å². The normalized spacial score (nSPS) is 15.8. The Kier molecular flexibility index (Phi) is 11.0. The lowest BCUT2D eigenvalue weighted by Gasteiger charge is -2.30. The van der Waals surface area contributed by atoms with E-state index in [-0.39, 0.29) is 12.3 Å². The molecule has 0 amide bonds. The zero-order valence-electron chi connectivity index (χ0n) is 20.7. The lowest BCUT2D eigenvalue weighted by atomic mass is 9.75. The molecule has 2 atom stereocenters. The second-order valence-electron chi connectivity index (χ2n) is 9.85. The molecule has 1 aromatic carbocycles. The van der Waals surface area contributed by atoms with Crippen LogP contribution < -0.4 is 5.14 Å². The molecule has 1 rings (SSSR count). The van der Waals surface area contributed by atoms with Crippen LogP contribution in [0.3, 0.4) is 0 Å². The average Bonchev–Trinajstić information content (AvgIpc) is 2.73. The first-order valence-electron chi connectivity index (χ1n) is 11.5.